The number of nitrogens with one attached hydrogen (secondary N) is 2. The highest BCUT2D eigenvalue weighted by Gasteiger charge is 2.20. The number of hydrogen-bond acceptors (Lipinski definition) is 4. The Morgan fingerprint density at radius 2 is 1.87 bits per heavy atom. The standard InChI is InChI=1S/C23H22N6O/c1-12(2)14-4-6-18-15(8-14)9-21(28-18)22(30)17-11-25-29(23(17)24)16-5-7-19-20(10-16)27-13(3)26-19/h4-12,28H,24H2,1-3H3,(H,26,27). The van der Waals surface area contributed by atoms with Crippen molar-refractivity contribution in [1.29, 1.82) is 0 Å². The molecule has 7 nitrogen and oxygen atoms in total. The van der Waals surface area contributed by atoms with E-state index in [1.54, 1.807) is 4.68 Å². The molecule has 150 valence electrons. The van der Waals surface area contributed by atoms with Gasteiger partial charge in [-0.05, 0) is 54.8 Å². The lowest BCUT2D eigenvalue weighted by atomic mass is 10.0. The van der Waals surface area contributed by atoms with Gasteiger partial charge in [0.1, 0.15) is 11.6 Å². The van der Waals surface area contributed by atoms with E-state index in [4.69, 9.17) is 5.73 Å². The Bertz CT molecular complexity index is 1420. The highest BCUT2D eigenvalue weighted by Crippen LogP contribution is 2.26. The molecule has 5 rings (SSSR count). The smallest absolute Gasteiger partial charge is 0.214 e. The number of hydrogen-bond donors (Lipinski definition) is 3. The summed E-state index contributed by atoms with van der Waals surface area (Å²) in [7, 11) is 0. The van der Waals surface area contributed by atoms with Gasteiger partial charge in [-0.25, -0.2) is 9.67 Å². The molecule has 7 heteroatoms. The predicted molar refractivity (Wildman–Crippen MR) is 118 cm³/mol. The van der Waals surface area contributed by atoms with Crippen molar-refractivity contribution < 1.29 is 4.79 Å². The van der Waals surface area contributed by atoms with Gasteiger partial charge in [-0.15, -0.1) is 0 Å². The minimum Gasteiger partial charge on any atom is -0.383 e. The van der Waals surface area contributed by atoms with E-state index in [0.29, 0.717) is 23.0 Å². The van der Waals surface area contributed by atoms with Gasteiger partial charge in [0.15, 0.2) is 0 Å². The topological polar surface area (TPSA) is 105 Å². The average Bonchev–Trinajstić information content (AvgIpc) is 3.41. The lowest BCUT2D eigenvalue weighted by Gasteiger charge is -2.05. The number of rotatable bonds is 4. The first-order valence-electron chi connectivity index (χ1n) is 9.88. The number of nitrogens with zero attached hydrogens (tertiary/aromatic N) is 3. The van der Waals surface area contributed by atoms with Gasteiger partial charge in [0.2, 0.25) is 5.78 Å². The molecule has 0 spiro atoms. The average molecular weight is 398 g/mol. The van der Waals surface area contributed by atoms with E-state index in [0.717, 1.165) is 33.4 Å². The Morgan fingerprint density at radius 1 is 1.07 bits per heavy atom. The van der Waals surface area contributed by atoms with Gasteiger partial charge < -0.3 is 15.7 Å². The van der Waals surface area contributed by atoms with Crippen LogP contribution in [0, 0.1) is 6.92 Å². The summed E-state index contributed by atoms with van der Waals surface area (Å²) in [6.45, 7) is 6.20. The fourth-order valence-corrected chi connectivity index (χ4v) is 3.77. The first-order valence-corrected chi connectivity index (χ1v) is 9.88. The summed E-state index contributed by atoms with van der Waals surface area (Å²) in [6, 6.07) is 13.8. The molecule has 0 aliphatic rings. The molecule has 30 heavy (non-hydrogen) atoms. The quantitative estimate of drug-likeness (QED) is 0.388. The first kappa shape index (κ1) is 18.2. The second kappa shape index (κ2) is 6.59. The van der Waals surface area contributed by atoms with E-state index in [9.17, 15) is 4.79 Å². The number of H-pyrrole nitrogens is 2. The zero-order valence-corrected chi connectivity index (χ0v) is 17.0. The molecular weight excluding hydrogens is 376 g/mol. The van der Waals surface area contributed by atoms with Crippen LogP contribution in [0.1, 0.15) is 47.2 Å². The van der Waals surface area contributed by atoms with Crippen LogP contribution >= 0.6 is 0 Å². The van der Waals surface area contributed by atoms with Crippen molar-refractivity contribution in [2.45, 2.75) is 26.7 Å². The van der Waals surface area contributed by atoms with Crippen molar-refractivity contribution in [3.05, 3.63) is 71.3 Å². The lowest BCUT2D eigenvalue weighted by Crippen LogP contribution is -2.07. The summed E-state index contributed by atoms with van der Waals surface area (Å²) in [4.78, 5) is 24.0. The number of aromatic nitrogens is 5. The molecule has 0 unspecified atom stereocenters. The Balaban J connectivity index is 1.52. The van der Waals surface area contributed by atoms with Gasteiger partial charge in [0, 0.05) is 10.9 Å². The number of aromatic amines is 2. The van der Waals surface area contributed by atoms with E-state index in [1.807, 2.05) is 37.3 Å². The summed E-state index contributed by atoms with van der Waals surface area (Å²) >= 11 is 0. The van der Waals surface area contributed by atoms with E-state index in [1.165, 1.54) is 11.8 Å². The third-order valence-corrected chi connectivity index (χ3v) is 5.44. The zero-order valence-electron chi connectivity index (χ0n) is 17.0. The number of carbonyl (C=O) groups excluding carboxylic acids is 1. The summed E-state index contributed by atoms with van der Waals surface area (Å²) < 4.78 is 1.57. The Hall–Kier alpha value is -3.87. The van der Waals surface area contributed by atoms with Crippen molar-refractivity contribution >= 4 is 33.5 Å². The number of nitrogens with two attached hydrogens (primary N) is 1. The van der Waals surface area contributed by atoms with Crippen molar-refractivity contribution in [3.63, 3.8) is 0 Å². The van der Waals surface area contributed by atoms with Crippen LogP contribution in [0.15, 0.2) is 48.7 Å². The number of benzene rings is 2. The minimum absolute atomic E-state index is 0.183. The maximum Gasteiger partial charge on any atom is 0.214 e. The summed E-state index contributed by atoms with van der Waals surface area (Å²) in [5, 5.41) is 5.37. The van der Waals surface area contributed by atoms with Gasteiger partial charge in [-0.1, -0.05) is 19.9 Å². The number of fused-ring (bicyclic) bond motifs is 2. The maximum absolute atomic E-state index is 13.1. The zero-order chi connectivity index (χ0) is 21.0. The largest absolute Gasteiger partial charge is 0.383 e. The van der Waals surface area contributed by atoms with Crippen molar-refractivity contribution in [2.75, 3.05) is 5.73 Å². The fourth-order valence-electron chi connectivity index (χ4n) is 3.77. The molecular formula is C23H22N6O. The van der Waals surface area contributed by atoms with Crippen LogP contribution in [0.25, 0.3) is 27.6 Å². The van der Waals surface area contributed by atoms with Gasteiger partial charge in [-0.2, -0.15) is 5.10 Å². The van der Waals surface area contributed by atoms with Gasteiger partial charge in [0.05, 0.1) is 34.2 Å². The molecule has 0 radical (unpaired) electrons. The molecule has 3 heterocycles. The number of aryl methyl sites for hydroxylation is 1. The maximum atomic E-state index is 13.1. The van der Waals surface area contributed by atoms with Crippen molar-refractivity contribution in [2.24, 2.45) is 0 Å². The molecule has 3 aromatic heterocycles. The highest BCUT2D eigenvalue weighted by atomic mass is 16.1. The molecule has 4 N–H and O–H groups in total. The van der Waals surface area contributed by atoms with Crippen LogP contribution in [0.2, 0.25) is 0 Å². The second-order valence-corrected chi connectivity index (χ2v) is 7.89. The van der Waals surface area contributed by atoms with Crippen LogP contribution in [0.5, 0.6) is 0 Å². The first-order chi connectivity index (χ1) is 14.4. The summed E-state index contributed by atoms with van der Waals surface area (Å²) in [6.07, 6.45) is 1.52. The van der Waals surface area contributed by atoms with Crippen LogP contribution < -0.4 is 5.73 Å². The second-order valence-electron chi connectivity index (χ2n) is 7.89. The number of ketones is 1. The molecule has 0 bridgehead atoms. The number of imidazole rings is 1. The number of anilines is 1. The molecule has 0 fully saturated rings. The minimum atomic E-state index is -0.183. The fraction of sp³-hybridized carbons (Fsp3) is 0.174. The summed E-state index contributed by atoms with van der Waals surface area (Å²) in [5.74, 6) is 1.38. The van der Waals surface area contributed by atoms with Crippen LogP contribution in [-0.2, 0) is 0 Å². The third-order valence-electron chi connectivity index (χ3n) is 5.44. The van der Waals surface area contributed by atoms with Gasteiger partial charge in [0.25, 0.3) is 0 Å². The van der Waals surface area contributed by atoms with Crippen LogP contribution in [0.4, 0.5) is 5.82 Å². The van der Waals surface area contributed by atoms with E-state index >= 15 is 0 Å². The molecule has 0 aliphatic carbocycles. The highest BCUT2D eigenvalue weighted by molar-refractivity contribution is 6.12. The monoisotopic (exact) mass is 398 g/mol. The molecule has 2 aromatic carbocycles. The third kappa shape index (κ3) is 2.86. The lowest BCUT2D eigenvalue weighted by molar-refractivity contribution is 0.103. The van der Waals surface area contributed by atoms with Crippen LogP contribution in [0.3, 0.4) is 0 Å². The Kier molecular flexibility index (Phi) is 3.99. The molecule has 0 amide bonds. The van der Waals surface area contributed by atoms with Gasteiger partial charge >= 0.3 is 0 Å². The van der Waals surface area contributed by atoms with Crippen LogP contribution in [-0.4, -0.2) is 30.5 Å². The van der Waals surface area contributed by atoms with Crippen molar-refractivity contribution in [3.8, 4) is 5.69 Å². The van der Waals surface area contributed by atoms with E-state index in [2.05, 4.69) is 46.0 Å². The SMILES string of the molecule is Cc1nc2cc(-n3ncc(C(=O)c4cc5cc(C(C)C)ccc5[nH]4)c3N)ccc2[nH]1. The number of carbonyl (C=O) groups is 1. The Labute approximate surface area is 172 Å². The number of nitrogen functional groups attached to an aromatic ring is 1. The molecule has 0 saturated carbocycles. The van der Waals surface area contributed by atoms with E-state index in [-0.39, 0.29) is 5.78 Å². The van der Waals surface area contributed by atoms with Gasteiger partial charge in [-0.3, -0.25) is 4.79 Å². The molecule has 0 saturated heterocycles. The molecule has 0 atom stereocenters. The molecule has 0 aliphatic heterocycles. The predicted octanol–water partition coefficient (Wildman–Crippen LogP) is 4.47. The van der Waals surface area contributed by atoms with Crippen molar-refractivity contribution in [1.82, 2.24) is 24.7 Å². The van der Waals surface area contributed by atoms with E-state index < -0.39 is 0 Å². The Morgan fingerprint density at radius 3 is 2.67 bits per heavy atom. The summed E-state index contributed by atoms with van der Waals surface area (Å²) in [5.41, 5.74) is 11.9. The molecule has 5 aromatic rings. The normalized spacial score (nSPS) is 11.7.